The van der Waals surface area contributed by atoms with E-state index in [4.69, 9.17) is 0 Å². The summed E-state index contributed by atoms with van der Waals surface area (Å²) >= 11 is 0. The lowest BCUT2D eigenvalue weighted by Crippen LogP contribution is -2.34. The van der Waals surface area contributed by atoms with Gasteiger partial charge in [0.25, 0.3) is 0 Å². The Kier molecular flexibility index (Phi) is 3.64. The number of carboxylic acids is 2. The van der Waals surface area contributed by atoms with E-state index in [1.54, 1.807) is 19.1 Å². The van der Waals surface area contributed by atoms with Crippen LogP contribution in [0.1, 0.15) is 39.0 Å². The summed E-state index contributed by atoms with van der Waals surface area (Å²) in [7, 11) is 0. The van der Waals surface area contributed by atoms with Gasteiger partial charge in [-0.1, -0.05) is 18.9 Å². The van der Waals surface area contributed by atoms with Crippen molar-refractivity contribution in [2.24, 2.45) is 5.41 Å². The fourth-order valence-corrected chi connectivity index (χ4v) is 2.65. The first-order valence-corrected chi connectivity index (χ1v) is 6.58. The highest BCUT2D eigenvalue weighted by Gasteiger charge is 2.37. The standard InChI is InChI=1S/C14H19NO4/c1-14(13(18)19)7-6-11(10(8-14)12(16)17)15-9-4-2-3-5-9/h6-7,9,15H,2-5,8H2,1H3,(H,16,17)(H,18,19). The highest BCUT2D eigenvalue weighted by Crippen LogP contribution is 2.34. The van der Waals surface area contributed by atoms with Gasteiger partial charge in [-0.3, -0.25) is 4.79 Å². The van der Waals surface area contributed by atoms with Gasteiger partial charge in [-0.25, -0.2) is 4.79 Å². The summed E-state index contributed by atoms with van der Waals surface area (Å²) in [5.74, 6) is -2.04. The van der Waals surface area contributed by atoms with Crippen LogP contribution in [0.5, 0.6) is 0 Å². The second-order valence-electron chi connectivity index (χ2n) is 5.56. The van der Waals surface area contributed by atoms with Gasteiger partial charge in [-0.15, -0.1) is 0 Å². The monoisotopic (exact) mass is 265 g/mol. The van der Waals surface area contributed by atoms with Crippen molar-refractivity contribution in [3.05, 3.63) is 23.4 Å². The van der Waals surface area contributed by atoms with Crippen molar-refractivity contribution < 1.29 is 19.8 Å². The normalized spacial score (nSPS) is 27.6. The average Bonchev–Trinajstić information content (AvgIpc) is 2.84. The zero-order valence-electron chi connectivity index (χ0n) is 11.0. The predicted octanol–water partition coefficient (Wildman–Crippen LogP) is 1.91. The molecule has 1 fully saturated rings. The lowest BCUT2D eigenvalue weighted by molar-refractivity contribution is -0.145. The molecular weight excluding hydrogens is 246 g/mol. The molecule has 19 heavy (non-hydrogen) atoms. The van der Waals surface area contributed by atoms with Crippen molar-refractivity contribution in [3.8, 4) is 0 Å². The van der Waals surface area contributed by atoms with Gasteiger partial charge in [-0.05, 0) is 25.8 Å². The van der Waals surface area contributed by atoms with E-state index in [9.17, 15) is 19.8 Å². The van der Waals surface area contributed by atoms with Crippen LogP contribution in [-0.4, -0.2) is 28.2 Å². The molecule has 0 aromatic rings. The van der Waals surface area contributed by atoms with E-state index < -0.39 is 17.4 Å². The number of carbonyl (C=O) groups is 2. The summed E-state index contributed by atoms with van der Waals surface area (Å²) in [6.45, 7) is 1.54. The van der Waals surface area contributed by atoms with E-state index in [0.717, 1.165) is 25.7 Å². The van der Waals surface area contributed by atoms with Crippen molar-refractivity contribution in [2.45, 2.75) is 45.1 Å². The number of nitrogens with one attached hydrogen (secondary N) is 1. The Hall–Kier alpha value is -1.78. The number of carboxylic acid groups (broad SMARTS) is 2. The maximum atomic E-state index is 11.3. The minimum atomic E-state index is -1.13. The van der Waals surface area contributed by atoms with Gasteiger partial charge in [0.1, 0.15) is 0 Å². The van der Waals surface area contributed by atoms with E-state index in [-0.39, 0.29) is 12.0 Å². The van der Waals surface area contributed by atoms with Crippen molar-refractivity contribution in [1.82, 2.24) is 5.32 Å². The molecule has 0 spiro atoms. The summed E-state index contributed by atoms with van der Waals surface area (Å²) in [4.78, 5) is 22.5. The highest BCUT2D eigenvalue weighted by molar-refractivity contribution is 5.91. The summed E-state index contributed by atoms with van der Waals surface area (Å²) < 4.78 is 0. The van der Waals surface area contributed by atoms with Crippen molar-refractivity contribution in [1.29, 1.82) is 0 Å². The topological polar surface area (TPSA) is 86.6 Å². The van der Waals surface area contributed by atoms with Crippen LogP contribution >= 0.6 is 0 Å². The number of rotatable bonds is 4. The lowest BCUT2D eigenvalue weighted by Gasteiger charge is -2.28. The van der Waals surface area contributed by atoms with Crippen LogP contribution in [-0.2, 0) is 9.59 Å². The number of hydrogen-bond donors (Lipinski definition) is 3. The van der Waals surface area contributed by atoms with Gasteiger partial charge in [0.2, 0.25) is 0 Å². The quantitative estimate of drug-likeness (QED) is 0.722. The Labute approximate surface area is 112 Å². The molecule has 5 nitrogen and oxygen atoms in total. The third-order valence-electron chi connectivity index (χ3n) is 3.95. The first kappa shape index (κ1) is 13.6. The van der Waals surface area contributed by atoms with E-state index >= 15 is 0 Å². The Morgan fingerprint density at radius 2 is 1.95 bits per heavy atom. The second kappa shape index (κ2) is 5.07. The van der Waals surface area contributed by atoms with E-state index in [0.29, 0.717) is 11.7 Å². The zero-order chi connectivity index (χ0) is 14.0. The molecule has 1 saturated carbocycles. The molecule has 0 aromatic heterocycles. The van der Waals surface area contributed by atoms with Crippen LogP contribution in [0.15, 0.2) is 23.4 Å². The van der Waals surface area contributed by atoms with E-state index in [1.807, 2.05) is 0 Å². The molecule has 0 saturated heterocycles. The molecule has 2 rings (SSSR count). The fraction of sp³-hybridized carbons (Fsp3) is 0.571. The van der Waals surface area contributed by atoms with Crippen LogP contribution in [0.2, 0.25) is 0 Å². The Morgan fingerprint density at radius 1 is 1.32 bits per heavy atom. The van der Waals surface area contributed by atoms with E-state index in [1.165, 1.54) is 0 Å². The van der Waals surface area contributed by atoms with Crippen molar-refractivity contribution >= 4 is 11.9 Å². The highest BCUT2D eigenvalue weighted by atomic mass is 16.4. The maximum absolute atomic E-state index is 11.3. The van der Waals surface area contributed by atoms with Gasteiger partial charge in [0.05, 0.1) is 11.0 Å². The molecule has 1 atom stereocenters. The molecule has 0 aliphatic heterocycles. The van der Waals surface area contributed by atoms with Crippen LogP contribution < -0.4 is 5.32 Å². The summed E-state index contributed by atoms with van der Waals surface area (Å²) in [5, 5.41) is 21.7. The first-order chi connectivity index (χ1) is 8.92. The van der Waals surface area contributed by atoms with Crippen LogP contribution in [0.3, 0.4) is 0 Å². The molecule has 0 radical (unpaired) electrons. The van der Waals surface area contributed by atoms with Gasteiger partial charge in [-0.2, -0.15) is 0 Å². The molecule has 0 heterocycles. The zero-order valence-corrected chi connectivity index (χ0v) is 11.0. The van der Waals surface area contributed by atoms with Crippen LogP contribution in [0.25, 0.3) is 0 Å². The van der Waals surface area contributed by atoms with Crippen LogP contribution in [0, 0.1) is 5.41 Å². The number of allylic oxidation sites excluding steroid dienone is 1. The summed E-state index contributed by atoms with van der Waals surface area (Å²) in [5.41, 5.74) is -0.397. The molecule has 104 valence electrons. The van der Waals surface area contributed by atoms with Gasteiger partial charge in [0, 0.05) is 18.2 Å². The summed E-state index contributed by atoms with van der Waals surface area (Å²) in [6, 6.07) is 0.309. The molecule has 2 aliphatic carbocycles. The third-order valence-corrected chi connectivity index (χ3v) is 3.95. The molecule has 0 bridgehead atoms. The molecule has 0 amide bonds. The minimum absolute atomic E-state index is 0.0171. The molecule has 0 aromatic carbocycles. The minimum Gasteiger partial charge on any atom is -0.481 e. The Morgan fingerprint density at radius 3 is 2.47 bits per heavy atom. The van der Waals surface area contributed by atoms with Gasteiger partial charge < -0.3 is 15.5 Å². The smallest absolute Gasteiger partial charge is 0.333 e. The average molecular weight is 265 g/mol. The van der Waals surface area contributed by atoms with Crippen LogP contribution in [0.4, 0.5) is 0 Å². The molecule has 2 aliphatic rings. The molecule has 1 unspecified atom stereocenters. The molecular formula is C14H19NO4. The maximum Gasteiger partial charge on any atom is 0.333 e. The third kappa shape index (κ3) is 2.80. The fourth-order valence-electron chi connectivity index (χ4n) is 2.65. The second-order valence-corrected chi connectivity index (χ2v) is 5.56. The van der Waals surface area contributed by atoms with Crippen molar-refractivity contribution in [3.63, 3.8) is 0 Å². The molecule has 3 N–H and O–H groups in total. The van der Waals surface area contributed by atoms with Gasteiger partial charge >= 0.3 is 11.9 Å². The summed E-state index contributed by atoms with van der Waals surface area (Å²) in [6.07, 6.45) is 7.61. The predicted molar refractivity (Wildman–Crippen MR) is 69.6 cm³/mol. The van der Waals surface area contributed by atoms with Crippen molar-refractivity contribution in [2.75, 3.05) is 0 Å². The Balaban J connectivity index is 2.22. The Bertz CT molecular complexity index is 460. The van der Waals surface area contributed by atoms with E-state index in [2.05, 4.69) is 5.32 Å². The van der Waals surface area contributed by atoms with Gasteiger partial charge in [0.15, 0.2) is 0 Å². The number of hydrogen-bond acceptors (Lipinski definition) is 3. The lowest BCUT2D eigenvalue weighted by atomic mass is 9.79. The first-order valence-electron chi connectivity index (χ1n) is 6.58. The largest absolute Gasteiger partial charge is 0.481 e. The number of aliphatic carboxylic acids is 2. The SMILES string of the molecule is CC1(C(=O)O)C=CC(NC2CCCC2)=C(C(=O)O)C1. The molecule has 5 heteroatoms.